The smallest absolute Gasteiger partial charge is 0.164 e. The molecule has 10 rings (SSSR count). The number of hydrogen-bond acceptors (Lipinski definition) is 4. The van der Waals surface area contributed by atoms with Gasteiger partial charge in [0.1, 0.15) is 11.2 Å². The van der Waals surface area contributed by atoms with Crippen LogP contribution in [0.2, 0.25) is 0 Å². The van der Waals surface area contributed by atoms with Gasteiger partial charge in [-0.25, -0.2) is 15.0 Å². The summed E-state index contributed by atoms with van der Waals surface area (Å²) in [4.78, 5) is 15.2. The number of fused-ring (bicyclic) bond motifs is 3. The van der Waals surface area contributed by atoms with Gasteiger partial charge in [-0.3, -0.25) is 0 Å². The monoisotopic (exact) mass is 717 g/mol. The summed E-state index contributed by atoms with van der Waals surface area (Å²) in [7, 11) is 0. The van der Waals surface area contributed by atoms with Crippen molar-refractivity contribution in [3.05, 3.63) is 200 Å². The van der Waals surface area contributed by atoms with Gasteiger partial charge in [0, 0.05) is 27.5 Å². The highest BCUT2D eigenvalue weighted by molar-refractivity contribution is 6.13. The van der Waals surface area contributed by atoms with Crippen LogP contribution in [-0.4, -0.2) is 15.0 Å². The molecule has 0 bridgehead atoms. The molecule has 10 aromatic rings. The van der Waals surface area contributed by atoms with Crippen molar-refractivity contribution < 1.29 is 4.42 Å². The lowest BCUT2D eigenvalue weighted by molar-refractivity contribution is 0.669. The fourth-order valence-corrected chi connectivity index (χ4v) is 7.54. The van der Waals surface area contributed by atoms with E-state index in [1.165, 1.54) is 16.7 Å². The van der Waals surface area contributed by atoms with Gasteiger partial charge in [-0.05, 0) is 75.7 Å². The van der Waals surface area contributed by atoms with Crippen molar-refractivity contribution in [2.75, 3.05) is 0 Å². The maximum Gasteiger partial charge on any atom is 0.164 e. The molecular formula is C52H35N3O. The summed E-state index contributed by atoms with van der Waals surface area (Å²) in [6, 6.07) is 67.6. The van der Waals surface area contributed by atoms with E-state index in [-0.39, 0.29) is 0 Å². The largest absolute Gasteiger partial charge is 0.456 e. The average molecular weight is 718 g/mol. The van der Waals surface area contributed by atoms with Crippen LogP contribution in [0.4, 0.5) is 0 Å². The third kappa shape index (κ3) is 6.33. The Balaban J connectivity index is 1.06. The number of benzene rings is 8. The van der Waals surface area contributed by atoms with Crippen LogP contribution < -0.4 is 0 Å². The molecule has 264 valence electrons. The zero-order chi connectivity index (χ0) is 37.4. The van der Waals surface area contributed by atoms with Crippen LogP contribution in [0.25, 0.3) is 101 Å². The Labute approximate surface area is 325 Å². The van der Waals surface area contributed by atoms with Crippen molar-refractivity contribution in [2.24, 2.45) is 0 Å². The Kier molecular flexibility index (Phi) is 8.34. The van der Waals surface area contributed by atoms with Crippen molar-refractivity contribution in [3.8, 4) is 78.7 Å². The van der Waals surface area contributed by atoms with Crippen molar-refractivity contribution in [3.63, 3.8) is 0 Å². The highest BCUT2D eigenvalue weighted by Gasteiger charge is 2.17. The number of aryl methyl sites for hydroxylation is 1. The minimum Gasteiger partial charge on any atom is -0.456 e. The van der Waals surface area contributed by atoms with E-state index in [1.807, 2.05) is 24.3 Å². The molecule has 0 aliphatic heterocycles. The molecule has 4 nitrogen and oxygen atoms in total. The van der Waals surface area contributed by atoms with Crippen LogP contribution in [-0.2, 0) is 0 Å². The molecule has 0 saturated heterocycles. The van der Waals surface area contributed by atoms with Crippen LogP contribution in [0.5, 0.6) is 0 Å². The molecule has 0 N–H and O–H groups in total. The van der Waals surface area contributed by atoms with Crippen molar-refractivity contribution in [1.29, 1.82) is 0 Å². The Hall–Kier alpha value is -7.43. The van der Waals surface area contributed by atoms with Gasteiger partial charge in [0.05, 0.1) is 0 Å². The van der Waals surface area contributed by atoms with Gasteiger partial charge < -0.3 is 4.42 Å². The van der Waals surface area contributed by atoms with E-state index in [2.05, 4.69) is 177 Å². The lowest BCUT2D eigenvalue weighted by Crippen LogP contribution is -2.00. The van der Waals surface area contributed by atoms with Gasteiger partial charge in [-0.1, -0.05) is 175 Å². The Morgan fingerprint density at radius 3 is 1.43 bits per heavy atom. The first-order chi connectivity index (χ1) is 27.6. The molecule has 0 spiro atoms. The van der Waals surface area contributed by atoms with Crippen LogP contribution in [0, 0.1) is 6.92 Å². The fourth-order valence-electron chi connectivity index (χ4n) is 7.54. The minimum absolute atomic E-state index is 0.581. The van der Waals surface area contributed by atoms with E-state index < -0.39 is 0 Å². The summed E-state index contributed by atoms with van der Waals surface area (Å²) in [5.74, 6) is 1.79. The van der Waals surface area contributed by atoms with E-state index >= 15 is 0 Å². The van der Waals surface area contributed by atoms with E-state index in [4.69, 9.17) is 19.4 Å². The van der Waals surface area contributed by atoms with Crippen molar-refractivity contribution >= 4 is 21.9 Å². The molecular weight excluding hydrogens is 683 g/mol. The number of furan rings is 1. The van der Waals surface area contributed by atoms with Gasteiger partial charge in [0.25, 0.3) is 0 Å². The summed E-state index contributed by atoms with van der Waals surface area (Å²) < 4.78 is 6.49. The standard InChI is InChI=1S/C52H35N3O/c1-34-11-8-16-41(31-34)43-18-9-17-42(32-43)37-23-27-40(28-24-37)51-53-50(39-25-21-36(22-26-39)35-12-4-2-5-13-35)54-52(55-51)44-29-30-46-48(33-44)56-47-20-10-19-45(49(46)47)38-14-6-3-7-15-38/h2-33H,1H3. The van der Waals surface area contributed by atoms with Gasteiger partial charge >= 0.3 is 0 Å². The number of aromatic nitrogens is 3. The molecule has 0 amide bonds. The summed E-state index contributed by atoms with van der Waals surface area (Å²) in [6.45, 7) is 2.13. The Morgan fingerprint density at radius 2 is 0.786 bits per heavy atom. The fraction of sp³-hybridized carbons (Fsp3) is 0.0192. The maximum atomic E-state index is 6.49. The molecule has 2 heterocycles. The maximum absolute atomic E-state index is 6.49. The Bertz CT molecular complexity index is 3000. The van der Waals surface area contributed by atoms with Crippen LogP contribution >= 0.6 is 0 Å². The average Bonchev–Trinajstić information content (AvgIpc) is 3.65. The topological polar surface area (TPSA) is 51.8 Å². The minimum atomic E-state index is 0.581. The SMILES string of the molecule is Cc1cccc(-c2cccc(-c3ccc(-c4nc(-c5ccc(-c6ccccc6)cc5)nc(-c5ccc6c(c5)oc5cccc(-c7ccccc7)c56)n4)cc3)c2)c1. The first-order valence-electron chi connectivity index (χ1n) is 18.8. The van der Waals surface area contributed by atoms with Crippen molar-refractivity contribution in [2.45, 2.75) is 6.92 Å². The molecule has 0 radical (unpaired) electrons. The molecule has 0 unspecified atom stereocenters. The van der Waals surface area contributed by atoms with E-state index in [0.29, 0.717) is 17.5 Å². The molecule has 2 aromatic heterocycles. The van der Waals surface area contributed by atoms with Crippen molar-refractivity contribution in [1.82, 2.24) is 15.0 Å². The third-order valence-electron chi connectivity index (χ3n) is 10.4. The first-order valence-corrected chi connectivity index (χ1v) is 18.8. The normalized spacial score (nSPS) is 11.3. The summed E-state index contributed by atoms with van der Waals surface area (Å²) >= 11 is 0. The molecule has 0 fully saturated rings. The molecule has 8 aromatic carbocycles. The predicted molar refractivity (Wildman–Crippen MR) is 230 cm³/mol. The number of rotatable bonds is 7. The third-order valence-corrected chi connectivity index (χ3v) is 10.4. The van der Waals surface area contributed by atoms with Gasteiger partial charge in [-0.15, -0.1) is 0 Å². The summed E-state index contributed by atoms with van der Waals surface area (Å²) in [5, 5.41) is 2.15. The number of hydrogen-bond donors (Lipinski definition) is 0. The lowest BCUT2D eigenvalue weighted by Gasteiger charge is -2.10. The van der Waals surface area contributed by atoms with Crippen LogP contribution in [0.15, 0.2) is 199 Å². The zero-order valence-corrected chi connectivity index (χ0v) is 30.7. The summed E-state index contributed by atoms with van der Waals surface area (Å²) in [5.41, 5.74) is 14.8. The van der Waals surface area contributed by atoms with Crippen LogP contribution in [0.3, 0.4) is 0 Å². The highest BCUT2D eigenvalue weighted by atomic mass is 16.3. The van der Waals surface area contributed by atoms with Gasteiger partial charge in [0.15, 0.2) is 17.5 Å². The van der Waals surface area contributed by atoms with Crippen LogP contribution in [0.1, 0.15) is 5.56 Å². The van der Waals surface area contributed by atoms with Gasteiger partial charge in [0.2, 0.25) is 0 Å². The first kappa shape index (κ1) is 33.2. The van der Waals surface area contributed by atoms with Gasteiger partial charge in [-0.2, -0.15) is 0 Å². The lowest BCUT2D eigenvalue weighted by atomic mass is 9.97. The molecule has 0 atom stereocenters. The number of nitrogens with zero attached hydrogens (tertiary/aromatic N) is 3. The molecule has 56 heavy (non-hydrogen) atoms. The van der Waals surface area contributed by atoms with E-state index in [0.717, 1.165) is 72.0 Å². The molecule has 0 aliphatic rings. The second-order valence-electron chi connectivity index (χ2n) is 14.1. The quantitative estimate of drug-likeness (QED) is 0.165. The van der Waals surface area contributed by atoms with E-state index in [9.17, 15) is 0 Å². The van der Waals surface area contributed by atoms with E-state index in [1.54, 1.807) is 0 Å². The zero-order valence-electron chi connectivity index (χ0n) is 30.7. The second-order valence-corrected chi connectivity index (χ2v) is 14.1. The summed E-state index contributed by atoms with van der Waals surface area (Å²) in [6.07, 6.45) is 0. The second kappa shape index (κ2) is 14.1. The predicted octanol–water partition coefficient (Wildman–Crippen LogP) is 13.7. The Morgan fingerprint density at radius 1 is 0.321 bits per heavy atom. The molecule has 0 aliphatic carbocycles. The highest BCUT2D eigenvalue weighted by Crippen LogP contribution is 2.38. The molecule has 4 heteroatoms. The molecule has 0 saturated carbocycles.